The molecule has 7 heteroatoms. The van der Waals surface area contributed by atoms with Crippen LogP contribution in [0.3, 0.4) is 0 Å². The van der Waals surface area contributed by atoms with Crippen molar-refractivity contribution in [1.82, 2.24) is 20.0 Å². The Bertz CT molecular complexity index is 636. The molecule has 0 aliphatic carbocycles. The zero-order valence-electron chi connectivity index (χ0n) is 12.9. The summed E-state index contributed by atoms with van der Waals surface area (Å²) in [6.07, 6.45) is 6.29. The number of hydrogen-bond acceptors (Lipinski definition) is 4. The van der Waals surface area contributed by atoms with E-state index >= 15 is 0 Å². The highest BCUT2D eigenvalue weighted by Crippen LogP contribution is 2.20. The van der Waals surface area contributed by atoms with Gasteiger partial charge in [-0.2, -0.15) is 5.10 Å². The summed E-state index contributed by atoms with van der Waals surface area (Å²) in [5.74, 6) is 0.402. The minimum absolute atomic E-state index is 0.00177. The predicted molar refractivity (Wildman–Crippen MR) is 82.1 cm³/mol. The van der Waals surface area contributed by atoms with Crippen LogP contribution < -0.4 is 5.32 Å². The fraction of sp³-hybridized carbons (Fsp3) is 0.438. The molecule has 1 fully saturated rings. The molecular formula is C16H20N4O3. The third kappa shape index (κ3) is 4.00. The second kappa shape index (κ2) is 7.13. The maximum absolute atomic E-state index is 12.2. The van der Waals surface area contributed by atoms with Crippen molar-refractivity contribution in [3.05, 3.63) is 42.6 Å². The van der Waals surface area contributed by atoms with Crippen LogP contribution in [0.2, 0.25) is 0 Å². The van der Waals surface area contributed by atoms with E-state index in [2.05, 4.69) is 10.4 Å². The third-order valence-electron chi connectivity index (χ3n) is 3.93. The van der Waals surface area contributed by atoms with Crippen LogP contribution >= 0.6 is 0 Å². The summed E-state index contributed by atoms with van der Waals surface area (Å²) < 4.78 is 7.08. The van der Waals surface area contributed by atoms with Gasteiger partial charge in [-0.1, -0.05) is 0 Å². The van der Waals surface area contributed by atoms with Gasteiger partial charge in [0.05, 0.1) is 18.7 Å². The molecule has 0 radical (unpaired) electrons. The van der Waals surface area contributed by atoms with Gasteiger partial charge in [-0.3, -0.25) is 14.3 Å². The van der Waals surface area contributed by atoms with E-state index in [1.807, 2.05) is 23.0 Å². The van der Waals surface area contributed by atoms with Crippen LogP contribution in [0.4, 0.5) is 0 Å². The van der Waals surface area contributed by atoms with Crippen molar-refractivity contribution in [2.75, 3.05) is 13.1 Å². The molecule has 122 valence electrons. The van der Waals surface area contributed by atoms with Crippen LogP contribution in [0.5, 0.6) is 0 Å². The number of likely N-dealkylation sites (tertiary alicyclic amines) is 1. The minimum atomic E-state index is -0.276. The molecule has 2 aromatic rings. The molecule has 0 bridgehead atoms. The highest BCUT2D eigenvalue weighted by molar-refractivity contribution is 5.89. The molecule has 3 heterocycles. The number of furan rings is 1. The summed E-state index contributed by atoms with van der Waals surface area (Å²) in [5, 5.41) is 7.01. The van der Waals surface area contributed by atoms with E-state index in [-0.39, 0.29) is 24.2 Å². The molecule has 2 amide bonds. The van der Waals surface area contributed by atoms with Gasteiger partial charge in [-0.25, -0.2) is 0 Å². The fourth-order valence-electron chi connectivity index (χ4n) is 2.72. The van der Waals surface area contributed by atoms with Gasteiger partial charge in [0, 0.05) is 38.4 Å². The van der Waals surface area contributed by atoms with Crippen molar-refractivity contribution in [3.8, 4) is 0 Å². The quantitative estimate of drug-likeness (QED) is 0.774. The van der Waals surface area contributed by atoms with Crippen LogP contribution in [-0.2, 0) is 22.7 Å². The zero-order valence-corrected chi connectivity index (χ0v) is 12.9. The largest absolute Gasteiger partial charge is 0.467 e. The van der Waals surface area contributed by atoms with Gasteiger partial charge in [0.2, 0.25) is 11.8 Å². The number of nitrogens with zero attached hydrogens (tertiary/aromatic N) is 3. The molecule has 1 saturated heterocycles. The molecule has 7 nitrogen and oxygen atoms in total. The Kier molecular flexibility index (Phi) is 4.75. The molecule has 0 unspecified atom stereocenters. The molecule has 1 aliphatic rings. The Morgan fingerprint density at radius 2 is 2.35 bits per heavy atom. The smallest absolute Gasteiger partial charge is 0.225 e. The lowest BCUT2D eigenvalue weighted by Crippen LogP contribution is -2.33. The molecule has 1 aliphatic heterocycles. The van der Waals surface area contributed by atoms with Gasteiger partial charge in [-0.15, -0.1) is 0 Å². The van der Waals surface area contributed by atoms with Gasteiger partial charge in [0.1, 0.15) is 5.76 Å². The average Bonchev–Trinajstić information content (AvgIpc) is 3.27. The third-order valence-corrected chi connectivity index (χ3v) is 3.93. The Morgan fingerprint density at radius 3 is 3.09 bits per heavy atom. The van der Waals surface area contributed by atoms with Crippen LogP contribution in [0, 0.1) is 5.92 Å². The number of rotatable bonds is 7. The fourth-order valence-corrected chi connectivity index (χ4v) is 2.72. The molecule has 23 heavy (non-hydrogen) atoms. The Labute approximate surface area is 134 Å². The van der Waals surface area contributed by atoms with Crippen LogP contribution in [0.15, 0.2) is 41.3 Å². The average molecular weight is 316 g/mol. The van der Waals surface area contributed by atoms with Crippen LogP contribution in [0.1, 0.15) is 18.6 Å². The Hall–Kier alpha value is -2.57. The maximum atomic E-state index is 12.2. The highest BCUT2D eigenvalue weighted by atomic mass is 16.3. The second-order valence-electron chi connectivity index (χ2n) is 5.67. The molecule has 0 aromatic carbocycles. The summed E-state index contributed by atoms with van der Waals surface area (Å²) in [6, 6.07) is 5.49. The summed E-state index contributed by atoms with van der Waals surface area (Å²) in [4.78, 5) is 25.8. The maximum Gasteiger partial charge on any atom is 0.225 e. The SMILES string of the molecule is O=C(NCCCn1cccn1)[C@H]1CC(=O)N(Cc2ccco2)C1. The van der Waals surface area contributed by atoms with Gasteiger partial charge in [-0.05, 0) is 24.6 Å². The summed E-state index contributed by atoms with van der Waals surface area (Å²) in [7, 11) is 0. The normalized spacial score (nSPS) is 17.7. The minimum Gasteiger partial charge on any atom is -0.467 e. The van der Waals surface area contributed by atoms with Crippen molar-refractivity contribution in [2.45, 2.75) is 25.9 Å². The van der Waals surface area contributed by atoms with Gasteiger partial charge < -0.3 is 14.6 Å². The van der Waals surface area contributed by atoms with Gasteiger partial charge in [0.25, 0.3) is 0 Å². The lowest BCUT2D eigenvalue weighted by atomic mass is 10.1. The van der Waals surface area contributed by atoms with Crippen molar-refractivity contribution in [2.24, 2.45) is 5.92 Å². The van der Waals surface area contributed by atoms with Crippen molar-refractivity contribution >= 4 is 11.8 Å². The summed E-state index contributed by atoms with van der Waals surface area (Å²) >= 11 is 0. The molecule has 1 N–H and O–H groups in total. The van der Waals surface area contributed by atoms with Gasteiger partial charge >= 0.3 is 0 Å². The number of nitrogens with one attached hydrogen (secondary N) is 1. The molecule has 0 saturated carbocycles. The number of aryl methyl sites for hydroxylation is 1. The number of carbonyl (C=O) groups is 2. The zero-order chi connectivity index (χ0) is 16.1. The summed E-state index contributed by atoms with van der Waals surface area (Å²) in [5.41, 5.74) is 0. The standard InChI is InChI=1S/C16H20N4O3/c21-15-10-13(11-19(15)12-14-4-1-9-23-14)16(22)17-5-2-7-20-8-3-6-18-20/h1,3-4,6,8-9,13H,2,5,7,10-12H2,(H,17,22)/t13-/m0/s1. The van der Waals surface area contributed by atoms with E-state index in [1.165, 1.54) is 0 Å². The second-order valence-corrected chi connectivity index (χ2v) is 5.67. The Balaban J connectivity index is 1.40. The lowest BCUT2D eigenvalue weighted by molar-refractivity contribution is -0.129. The first-order valence-electron chi connectivity index (χ1n) is 7.77. The monoisotopic (exact) mass is 316 g/mol. The predicted octanol–water partition coefficient (Wildman–Crippen LogP) is 1.03. The van der Waals surface area contributed by atoms with Gasteiger partial charge in [0.15, 0.2) is 0 Å². The van der Waals surface area contributed by atoms with Crippen LogP contribution in [-0.4, -0.2) is 39.6 Å². The highest BCUT2D eigenvalue weighted by Gasteiger charge is 2.34. The molecular weight excluding hydrogens is 296 g/mol. The Morgan fingerprint density at radius 1 is 1.43 bits per heavy atom. The number of hydrogen-bond donors (Lipinski definition) is 1. The van der Waals surface area contributed by atoms with Crippen molar-refractivity contribution < 1.29 is 14.0 Å². The van der Waals surface area contributed by atoms with E-state index < -0.39 is 0 Å². The topological polar surface area (TPSA) is 80.4 Å². The molecule has 3 rings (SSSR count). The van der Waals surface area contributed by atoms with E-state index in [0.29, 0.717) is 19.6 Å². The van der Waals surface area contributed by atoms with Crippen molar-refractivity contribution in [1.29, 1.82) is 0 Å². The first kappa shape index (κ1) is 15.3. The first-order valence-corrected chi connectivity index (χ1v) is 7.77. The molecule has 1 atom stereocenters. The van der Waals surface area contributed by atoms with E-state index in [0.717, 1.165) is 18.7 Å². The lowest BCUT2D eigenvalue weighted by Gasteiger charge is -2.15. The van der Waals surface area contributed by atoms with Crippen LogP contribution in [0.25, 0.3) is 0 Å². The number of carbonyl (C=O) groups excluding carboxylic acids is 2. The van der Waals surface area contributed by atoms with E-state index in [4.69, 9.17) is 4.42 Å². The number of amides is 2. The van der Waals surface area contributed by atoms with E-state index in [9.17, 15) is 9.59 Å². The number of aromatic nitrogens is 2. The van der Waals surface area contributed by atoms with Crippen molar-refractivity contribution in [3.63, 3.8) is 0 Å². The summed E-state index contributed by atoms with van der Waals surface area (Å²) in [6.45, 7) is 2.22. The molecule has 0 spiro atoms. The first-order chi connectivity index (χ1) is 11.2. The van der Waals surface area contributed by atoms with E-state index in [1.54, 1.807) is 23.4 Å². The molecule has 2 aromatic heterocycles.